The third-order valence-corrected chi connectivity index (χ3v) is 5.20. The van der Waals surface area contributed by atoms with E-state index >= 15 is 0 Å². The molecule has 0 spiro atoms. The van der Waals surface area contributed by atoms with Gasteiger partial charge in [0, 0.05) is 33.0 Å². The van der Waals surface area contributed by atoms with E-state index in [1.165, 1.54) is 11.1 Å². The summed E-state index contributed by atoms with van der Waals surface area (Å²) in [6.07, 6.45) is 1.26. The Kier molecular flexibility index (Phi) is 5.71. The Morgan fingerprint density at radius 2 is 1.69 bits per heavy atom. The van der Waals surface area contributed by atoms with Gasteiger partial charge in [-0.05, 0) is 30.0 Å². The molecule has 1 heterocycles. The maximum Gasteiger partial charge on any atom is 0.224 e. The standard InChI is InChI=1S/C22H26N2O2/c1-17(19-8-4-3-5-9-19)24(18(2)25)15-13-22(26)23-14-12-20-10-6-7-11-21(20)16-23/h3-11,17H,12-16H2,1-2H3. The molecule has 3 rings (SSSR count). The minimum Gasteiger partial charge on any atom is -0.338 e. The van der Waals surface area contributed by atoms with Gasteiger partial charge in [-0.3, -0.25) is 9.59 Å². The van der Waals surface area contributed by atoms with Crippen LogP contribution in [-0.4, -0.2) is 34.7 Å². The third kappa shape index (κ3) is 4.13. The highest BCUT2D eigenvalue weighted by atomic mass is 16.2. The van der Waals surface area contributed by atoms with Crippen molar-refractivity contribution in [3.05, 3.63) is 71.3 Å². The average Bonchev–Trinajstić information content (AvgIpc) is 2.67. The smallest absolute Gasteiger partial charge is 0.224 e. The van der Waals surface area contributed by atoms with Crippen LogP contribution < -0.4 is 0 Å². The Hall–Kier alpha value is -2.62. The van der Waals surface area contributed by atoms with Crippen molar-refractivity contribution in [1.82, 2.24) is 9.80 Å². The molecule has 0 aliphatic carbocycles. The SMILES string of the molecule is CC(=O)N(CCC(=O)N1CCc2ccccc2C1)C(C)c1ccccc1. The summed E-state index contributed by atoms with van der Waals surface area (Å²) in [5.41, 5.74) is 3.65. The van der Waals surface area contributed by atoms with Crippen LogP contribution in [0, 0.1) is 0 Å². The molecule has 2 aromatic carbocycles. The highest BCUT2D eigenvalue weighted by molar-refractivity contribution is 5.78. The van der Waals surface area contributed by atoms with E-state index in [-0.39, 0.29) is 17.9 Å². The van der Waals surface area contributed by atoms with Gasteiger partial charge < -0.3 is 9.80 Å². The molecule has 4 heteroatoms. The topological polar surface area (TPSA) is 40.6 Å². The fraction of sp³-hybridized carbons (Fsp3) is 0.364. The summed E-state index contributed by atoms with van der Waals surface area (Å²) in [6.45, 7) is 5.45. The van der Waals surface area contributed by atoms with E-state index in [2.05, 4.69) is 12.1 Å². The molecule has 0 saturated heterocycles. The third-order valence-electron chi connectivity index (χ3n) is 5.20. The van der Waals surface area contributed by atoms with Gasteiger partial charge in [0.1, 0.15) is 0 Å². The van der Waals surface area contributed by atoms with Gasteiger partial charge in [-0.1, -0.05) is 54.6 Å². The van der Waals surface area contributed by atoms with Crippen molar-refractivity contribution in [3.8, 4) is 0 Å². The van der Waals surface area contributed by atoms with Crippen LogP contribution in [0.4, 0.5) is 0 Å². The molecule has 0 saturated carbocycles. The Morgan fingerprint density at radius 1 is 1.04 bits per heavy atom. The van der Waals surface area contributed by atoms with Crippen LogP contribution in [0.3, 0.4) is 0 Å². The van der Waals surface area contributed by atoms with E-state index in [0.29, 0.717) is 19.5 Å². The number of hydrogen-bond acceptors (Lipinski definition) is 2. The van der Waals surface area contributed by atoms with Crippen LogP contribution in [0.5, 0.6) is 0 Å². The Labute approximate surface area is 155 Å². The van der Waals surface area contributed by atoms with Crippen LogP contribution in [0.2, 0.25) is 0 Å². The molecule has 1 aliphatic rings. The zero-order valence-corrected chi connectivity index (χ0v) is 15.5. The number of nitrogens with zero attached hydrogens (tertiary/aromatic N) is 2. The molecular formula is C22H26N2O2. The summed E-state index contributed by atoms with van der Waals surface area (Å²) in [5.74, 6) is 0.115. The molecule has 4 nitrogen and oxygen atoms in total. The molecule has 1 aliphatic heterocycles. The Bertz CT molecular complexity index is 773. The fourth-order valence-electron chi connectivity index (χ4n) is 3.62. The molecule has 1 unspecified atom stereocenters. The lowest BCUT2D eigenvalue weighted by Gasteiger charge is -2.32. The molecule has 2 amide bonds. The number of hydrogen-bond donors (Lipinski definition) is 0. The molecule has 0 fully saturated rings. The summed E-state index contributed by atoms with van der Waals surface area (Å²) in [6, 6.07) is 18.2. The van der Waals surface area contributed by atoms with E-state index in [9.17, 15) is 9.59 Å². The fourth-order valence-corrected chi connectivity index (χ4v) is 3.62. The van der Waals surface area contributed by atoms with Crippen LogP contribution >= 0.6 is 0 Å². The number of amides is 2. The lowest BCUT2D eigenvalue weighted by molar-refractivity contribution is -0.135. The summed E-state index contributed by atoms with van der Waals surface area (Å²) in [7, 11) is 0. The normalized spacial score (nSPS) is 14.5. The van der Waals surface area contributed by atoms with Gasteiger partial charge in [-0.15, -0.1) is 0 Å². The number of fused-ring (bicyclic) bond motifs is 1. The van der Waals surface area contributed by atoms with Crippen molar-refractivity contribution in [2.45, 2.75) is 39.3 Å². The minimum absolute atomic E-state index is 0.00172. The van der Waals surface area contributed by atoms with E-state index in [0.717, 1.165) is 18.5 Å². The zero-order valence-electron chi connectivity index (χ0n) is 15.5. The van der Waals surface area contributed by atoms with Gasteiger partial charge in [0.15, 0.2) is 0 Å². The van der Waals surface area contributed by atoms with E-state index in [1.54, 1.807) is 11.8 Å². The second kappa shape index (κ2) is 8.17. The lowest BCUT2D eigenvalue weighted by atomic mass is 9.99. The van der Waals surface area contributed by atoms with Crippen molar-refractivity contribution < 1.29 is 9.59 Å². The molecule has 26 heavy (non-hydrogen) atoms. The highest BCUT2D eigenvalue weighted by Gasteiger charge is 2.23. The van der Waals surface area contributed by atoms with Crippen LogP contribution in [-0.2, 0) is 22.6 Å². The first kappa shape index (κ1) is 18.2. The average molecular weight is 350 g/mol. The van der Waals surface area contributed by atoms with E-state index in [1.807, 2.05) is 54.3 Å². The quantitative estimate of drug-likeness (QED) is 0.827. The van der Waals surface area contributed by atoms with E-state index < -0.39 is 0 Å². The number of rotatable bonds is 5. The van der Waals surface area contributed by atoms with Crippen molar-refractivity contribution in [2.24, 2.45) is 0 Å². The second-order valence-electron chi connectivity index (χ2n) is 6.88. The predicted molar refractivity (Wildman–Crippen MR) is 102 cm³/mol. The summed E-state index contributed by atoms with van der Waals surface area (Å²) in [4.78, 5) is 28.5. The van der Waals surface area contributed by atoms with Gasteiger partial charge in [0.25, 0.3) is 0 Å². The van der Waals surface area contributed by atoms with Gasteiger partial charge in [0.2, 0.25) is 11.8 Å². The van der Waals surface area contributed by atoms with Crippen molar-refractivity contribution in [1.29, 1.82) is 0 Å². The summed E-state index contributed by atoms with van der Waals surface area (Å²) >= 11 is 0. The van der Waals surface area contributed by atoms with Crippen LogP contribution in [0.1, 0.15) is 43.0 Å². The van der Waals surface area contributed by atoms with Crippen molar-refractivity contribution in [3.63, 3.8) is 0 Å². The monoisotopic (exact) mass is 350 g/mol. The molecular weight excluding hydrogens is 324 g/mol. The first-order valence-electron chi connectivity index (χ1n) is 9.23. The lowest BCUT2D eigenvalue weighted by Crippen LogP contribution is -2.39. The highest BCUT2D eigenvalue weighted by Crippen LogP contribution is 2.22. The van der Waals surface area contributed by atoms with Crippen LogP contribution in [0.25, 0.3) is 0 Å². The van der Waals surface area contributed by atoms with Gasteiger partial charge in [0.05, 0.1) is 6.04 Å². The Morgan fingerprint density at radius 3 is 2.38 bits per heavy atom. The Balaban J connectivity index is 1.61. The van der Waals surface area contributed by atoms with Gasteiger partial charge >= 0.3 is 0 Å². The first-order chi connectivity index (χ1) is 12.6. The van der Waals surface area contributed by atoms with Crippen LogP contribution in [0.15, 0.2) is 54.6 Å². The van der Waals surface area contributed by atoms with Gasteiger partial charge in [-0.2, -0.15) is 0 Å². The van der Waals surface area contributed by atoms with E-state index in [4.69, 9.17) is 0 Å². The maximum absolute atomic E-state index is 12.7. The predicted octanol–water partition coefficient (Wildman–Crippen LogP) is 3.57. The zero-order chi connectivity index (χ0) is 18.5. The second-order valence-corrected chi connectivity index (χ2v) is 6.88. The minimum atomic E-state index is -0.0384. The molecule has 2 aromatic rings. The first-order valence-corrected chi connectivity index (χ1v) is 9.23. The van der Waals surface area contributed by atoms with Gasteiger partial charge in [-0.25, -0.2) is 0 Å². The number of carbonyl (C=O) groups is 2. The number of carbonyl (C=O) groups excluding carboxylic acids is 2. The largest absolute Gasteiger partial charge is 0.338 e. The molecule has 0 radical (unpaired) electrons. The molecule has 0 bridgehead atoms. The molecule has 0 aromatic heterocycles. The molecule has 136 valence electrons. The number of benzene rings is 2. The van der Waals surface area contributed by atoms with Crippen molar-refractivity contribution in [2.75, 3.05) is 13.1 Å². The summed E-state index contributed by atoms with van der Waals surface area (Å²) in [5, 5.41) is 0. The molecule has 0 N–H and O–H groups in total. The molecule has 1 atom stereocenters. The maximum atomic E-state index is 12.7. The summed E-state index contributed by atoms with van der Waals surface area (Å²) < 4.78 is 0. The van der Waals surface area contributed by atoms with Crippen molar-refractivity contribution >= 4 is 11.8 Å².